The van der Waals surface area contributed by atoms with Gasteiger partial charge in [0.25, 0.3) is 5.91 Å². The largest absolute Gasteiger partial charge is 0.496 e. The van der Waals surface area contributed by atoms with Crippen molar-refractivity contribution in [2.24, 2.45) is 0 Å². The average molecular weight is 473 g/mol. The Morgan fingerprint density at radius 1 is 1.30 bits per heavy atom. The second-order valence-corrected chi connectivity index (χ2v) is 8.05. The van der Waals surface area contributed by atoms with E-state index in [9.17, 15) is 9.90 Å². The van der Waals surface area contributed by atoms with Crippen LogP contribution in [0, 0.1) is 0 Å². The van der Waals surface area contributed by atoms with Crippen molar-refractivity contribution in [2.75, 3.05) is 13.7 Å². The van der Waals surface area contributed by atoms with Crippen LogP contribution in [0.5, 0.6) is 5.75 Å². The van der Waals surface area contributed by atoms with Gasteiger partial charge in [-0.1, -0.05) is 35.0 Å². The third-order valence-corrected chi connectivity index (χ3v) is 5.70. The molecule has 1 aromatic heterocycles. The predicted molar refractivity (Wildman–Crippen MR) is 121 cm³/mol. The van der Waals surface area contributed by atoms with E-state index in [0.717, 1.165) is 24.0 Å². The van der Waals surface area contributed by atoms with Gasteiger partial charge >= 0.3 is 0 Å². The lowest BCUT2D eigenvalue weighted by Crippen LogP contribution is -2.27. The topological polar surface area (TPSA) is 103 Å². The Labute approximate surface area is 196 Å². The molecule has 9 heteroatoms. The Bertz CT molecular complexity index is 1100. The van der Waals surface area contributed by atoms with E-state index in [4.69, 9.17) is 30.3 Å². The van der Waals surface area contributed by atoms with E-state index in [0.29, 0.717) is 28.7 Å². The van der Waals surface area contributed by atoms with Gasteiger partial charge in [-0.2, -0.15) is 0 Å². The highest BCUT2D eigenvalue weighted by atomic mass is 35.5. The molecule has 2 aromatic carbocycles. The van der Waals surface area contributed by atoms with E-state index in [1.807, 2.05) is 24.3 Å². The second-order valence-electron chi connectivity index (χ2n) is 7.64. The highest BCUT2D eigenvalue weighted by Crippen LogP contribution is 2.28. The van der Waals surface area contributed by atoms with Crippen LogP contribution in [0.1, 0.15) is 34.5 Å². The number of nitrogens with zero attached hydrogens (tertiary/aromatic N) is 1. The molecule has 0 bridgehead atoms. The van der Waals surface area contributed by atoms with Gasteiger partial charge in [0, 0.05) is 30.3 Å². The lowest BCUT2D eigenvalue weighted by Gasteiger charge is -2.18. The number of hydrogen-bond acceptors (Lipinski definition) is 7. The molecule has 33 heavy (non-hydrogen) atoms. The highest BCUT2D eigenvalue weighted by Gasteiger charge is 2.24. The molecule has 1 aliphatic heterocycles. The summed E-state index contributed by atoms with van der Waals surface area (Å²) in [6.07, 6.45) is 0.432. The van der Waals surface area contributed by atoms with Crippen molar-refractivity contribution in [2.45, 2.75) is 38.4 Å². The SMILES string of the molecule is COc1ccc(COC(O)C2CCCO2)cc1CNC(=O)c1cc(-c2ccccc2Cl)on1. The molecule has 0 spiro atoms. The number of rotatable bonds is 9. The zero-order valence-electron chi connectivity index (χ0n) is 18.1. The lowest BCUT2D eigenvalue weighted by molar-refractivity contribution is -0.171. The number of aliphatic hydroxyl groups excluding tert-OH is 1. The summed E-state index contributed by atoms with van der Waals surface area (Å²) in [5, 5.41) is 17.3. The number of halogens is 1. The number of aliphatic hydroxyl groups is 1. The number of nitrogens with one attached hydrogen (secondary N) is 1. The third kappa shape index (κ3) is 5.72. The third-order valence-electron chi connectivity index (χ3n) is 5.37. The summed E-state index contributed by atoms with van der Waals surface area (Å²) in [6.45, 7) is 1.05. The summed E-state index contributed by atoms with van der Waals surface area (Å²) in [4.78, 5) is 12.6. The molecule has 2 heterocycles. The minimum atomic E-state index is -0.975. The minimum absolute atomic E-state index is 0.142. The number of methoxy groups -OCH3 is 1. The number of carbonyl (C=O) groups is 1. The van der Waals surface area contributed by atoms with Gasteiger partial charge in [0.1, 0.15) is 11.9 Å². The van der Waals surface area contributed by atoms with Crippen LogP contribution >= 0.6 is 11.6 Å². The first-order valence-corrected chi connectivity index (χ1v) is 11.0. The van der Waals surface area contributed by atoms with Crippen molar-refractivity contribution in [1.82, 2.24) is 10.5 Å². The van der Waals surface area contributed by atoms with Crippen LogP contribution in [0.2, 0.25) is 5.02 Å². The van der Waals surface area contributed by atoms with Gasteiger partial charge in [0.05, 0.1) is 18.7 Å². The average Bonchev–Trinajstić information content (AvgIpc) is 3.54. The Hall–Kier alpha value is -2.91. The molecule has 2 N–H and O–H groups in total. The highest BCUT2D eigenvalue weighted by molar-refractivity contribution is 6.33. The van der Waals surface area contributed by atoms with E-state index in [2.05, 4.69) is 10.5 Å². The van der Waals surface area contributed by atoms with E-state index < -0.39 is 12.2 Å². The zero-order chi connectivity index (χ0) is 23.2. The van der Waals surface area contributed by atoms with Crippen LogP contribution in [0.25, 0.3) is 11.3 Å². The normalized spacial score (nSPS) is 16.5. The monoisotopic (exact) mass is 472 g/mol. The van der Waals surface area contributed by atoms with Crippen molar-refractivity contribution >= 4 is 17.5 Å². The quantitative estimate of drug-likeness (QED) is 0.454. The summed E-state index contributed by atoms with van der Waals surface area (Å²) in [6, 6.07) is 14.2. The van der Waals surface area contributed by atoms with Crippen LogP contribution in [0.15, 0.2) is 53.1 Å². The van der Waals surface area contributed by atoms with Crippen LogP contribution in [-0.2, 0) is 22.6 Å². The maximum Gasteiger partial charge on any atom is 0.273 e. The molecule has 1 saturated heterocycles. The first-order chi connectivity index (χ1) is 16.0. The Kier molecular flexibility index (Phi) is 7.61. The molecule has 1 fully saturated rings. The maximum atomic E-state index is 12.6. The van der Waals surface area contributed by atoms with Crippen LogP contribution in [0.4, 0.5) is 0 Å². The smallest absolute Gasteiger partial charge is 0.273 e. The van der Waals surface area contributed by atoms with Gasteiger partial charge in [-0.05, 0) is 42.7 Å². The molecule has 2 atom stereocenters. The fourth-order valence-corrected chi connectivity index (χ4v) is 3.84. The lowest BCUT2D eigenvalue weighted by atomic mass is 10.1. The van der Waals surface area contributed by atoms with Gasteiger partial charge < -0.3 is 29.2 Å². The molecule has 0 aliphatic carbocycles. The summed E-state index contributed by atoms with van der Waals surface area (Å²) in [5.41, 5.74) is 2.39. The number of benzene rings is 2. The number of carbonyl (C=O) groups excluding carboxylic acids is 1. The standard InChI is InChI=1S/C24H25ClN2O6/c1-30-20-9-8-15(14-32-24(29)21-7-4-10-31-21)11-16(20)13-26-23(28)19-12-22(33-27-19)17-5-2-3-6-18(17)25/h2-3,5-6,8-9,11-12,21,24,29H,4,7,10,13-14H2,1H3,(H,26,28). The summed E-state index contributed by atoms with van der Waals surface area (Å²) < 4.78 is 21.7. The summed E-state index contributed by atoms with van der Waals surface area (Å²) in [5.74, 6) is 0.637. The molecule has 4 rings (SSSR count). The summed E-state index contributed by atoms with van der Waals surface area (Å²) in [7, 11) is 1.56. The summed E-state index contributed by atoms with van der Waals surface area (Å²) >= 11 is 6.18. The zero-order valence-corrected chi connectivity index (χ0v) is 18.9. The van der Waals surface area contributed by atoms with Gasteiger partial charge in [-0.3, -0.25) is 4.79 Å². The molecular weight excluding hydrogens is 448 g/mol. The van der Waals surface area contributed by atoms with E-state index in [1.54, 1.807) is 31.4 Å². The minimum Gasteiger partial charge on any atom is -0.496 e. The first-order valence-electron chi connectivity index (χ1n) is 10.6. The molecule has 0 radical (unpaired) electrons. The predicted octanol–water partition coefficient (Wildman–Crippen LogP) is 3.95. The van der Waals surface area contributed by atoms with Gasteiger partial charge in [0.15, 0.2) is 17.7 Å². The van der Waals surface area contributed by atoms with Crippen molar-refractivity contribution in [3.8, 4) is 17.1 Å². The fraction of sp³-hybridized carbons (Fsp3) is 0.333. The fourth-order valence-electron chi connectivity index (χ4n) is 3.61. The van der Waals surface area contributed by atoms with Crippen LogP contribution in [-0.4, -0.2) is 42.3 Å². The molecular formula is C24H25ClN2O6. The molecule has 2 unspecified atom stereocenters. The second kappa shape index (κ2) is 10.8. The number of amides is 1. The van der Waals surface area contributed by atoms with Crippen molar-refractivity contribution in [1.29, 1.82) is 0 Å². The van der Waals surface area contributed by atoms with E-state index >= 15 is 0 Å². The molecule has 3 aromatic rings. The van der Waals surface area contributed by atoms with E-state index in [1.165, 1.54) is 0 Å². The van der Waals surface area contributed by atoms with Crippen molar-refractivity contribution in [3.05, 3.63) is 70.4 Å². The molecule has 1 amide bonds. The maximum absolute atomic E-state index is 12.6. The van der Waals surface area contributed by atoms with Crippen molar-refractivity contribution in [3.63, 3.8) is 0 Å². The van der Waals surface area contributed by atoms with E-state index in [-0.39, 0.29) is 24.9 Å². The molecule has 8 nitrogen and oxygen atoms in total. The van der Waals surface area contributed by atoms with Gasteiger partial charge in [0.2, 0.25) is 0 Å². The molecule has 174 valence electrons. The van der Waals surface area contributed by atoms with Crippen LogP contribution < -0.4 is 10.1 Å². The number of hydrogen-bond donors (Lipinski definition) is 2. The Morgan fingerprint density at radius 2 is 2.15 bits per heavy atom. The van der Waals surface area contributed by atoms with Gasteiger partial charge in [-0.25, -0.2) is 0 Å². The number of ether oxygens (including phenoxy) is 3. The Balaban J connectivity index is 1.38. The van der Waals surface area contributed by atoms with Gasteiger partial charge in [-0.15, -0.1) is 0 Å². The molecule has 0 saturated carbocycles. The first kappa shape index (κ1) is 23.3. The van der Waals surface area contributed by atoms with Crippen LogP contribution in [0.3, 0.4) is 0 Å². The number of aromatic nitrogens is 1. The Morgan fingerprint density at radius 3 is 2.91 bits per heavy atom. The van der Waals surface area contributed by atoms with Crippen molar-refractivity contribution < 1.29 is 28.6 Å². The molecule has 1 aliphatic rings.